The van der Waals surface area contributed by atoms with Crippen LogP contribution in [0.4, 0.5) is 0 Å². The fourth-order valence-corrected chi connectivity index (χ4v) is 2.11. The van der Waals surface area contributed by atoms with Gasteiger partial charge >= 0.3 is 5.97 Å². The zero-order valence-electron chi connectivity index (χ0n) is 12.8. The Labute approximate surface area is 130 Å². The first kappa shape index (κ1) is 15.8. The van der Waals surface area contributed by atoms with Crippen molar-refractivity contribution in [3.05, 3.63) is 78.4 Å². The van der Waals surface area contributed by atoms with Crippen molar-refractivity contribution in [1.29, 1.82) is 0 Å². The monoisotopic (exact) mass is 296 g/mol. The maximum Gasteiger partial charge on any atom is 0.333 e. The van der Waals surface area contributed by atoms with Crippen LogP contribution < -0.4 is 0 Å². The summed E-state index contributed by atoms with van der Waals surface area (Å²) in [5.74, 6) is -0.392. The van der Waals surface area contributed by atoms with Crippen LogP contribution in [0.3, 0.4) is 0 Å². The van der Waals surface area contributed by atoms with Crippen molar-refractivity contribution in [3.63, 3.8) is 0 Å². The fraction of sp³-hybridized carbons (Fsp3) is 0.222. The highest BCUT2D eigenvalue weighted by molar-refractivity contribution is 5.86. The molecule has 0 fully saturated rings. The number of carbonyl (C=O) groups excluding carboxylic acids is 1. The maximum atomic E-state index is 11.6. The van der Waals surface area contributed by atoms with Gasteiger partial charge in [0.2, 0.25) is 0 Å². The van der Waals surface area contributed by atoms with Crippen molar-refractivity contribution >= 4 is 5.97 Å². The Balaban J connectivity index is 2.20. The van der Waals surface area contributed by atoms with Crippen LogP contribution in [0, 0.1) is 0 Å². The molecule has 4 heteroatoms. The van der Waals surface area contributed by atoms with Crippen LogP contribution in [0.5, 0.6) is 0 Å². The zero-order valence-corrected chi connectivity index (χ0v) is 12.8. The van der Waals surface area contributed by atoms with Gasteiger partial charge in [-0.1, -0.05) is 43.0 Å². The van der Waals surface area contributed by atoms with Crippen LogP contribution in [-0.4, -0.2) is 15.5 Å². The second-order valence-electron chi connectivity index (χ2n) is 5.10. The second kappa shape index (κ2) is 7.41. The molecule has 0 bridgehead atoms. The summed E-state index contributed by atoms with van der Waals surface area (Å²) >= 11 is 0. The number of hydrogen-bond acceptors (Lipinski definition) is 3. The molecule has 0 amide bonds. The topological polar surface area (TPSA) is 44.1 Å². The number of aromatic nitrogens is 2. The summed E-state index contributed by atoms with van der Waals surface area (Å²) in [5.41, 5.74) is 3.35. The minimum Gasteiger partial charge on any atom is -0.456 e. The van der Waals surface area contributed by atoms with E-state index in [1.54, 1.807) is 19.3 Å². The lowest BCUT2D eigenvalue weighted by Crippen LogP contribution is -2.10. The maximum absolute atomic E-state index is 11.6. The molecule has 22 heavy (non-hydrogen) atoms. The zero-order chi connectivity index (χ0) is 15.9. The quantitative estimate of drug-likeness (QED) is 0.447. The number of hydrogen-bond donors (Lipinski definition) is 0. The van der Waals surface area contributed by atoms with Gasteiger partial charge in [-0.15, -0.1) is 6.58 Å². The van der Waals surface area contributed by atoms with Gasteiger partial charge < -0.3 is 9.30 Å². The van der Waals surface area contributed by atoms with Gasteiger partial charge in [0, 0.05) is 18.5 Å². The van der Waals surface area contributed by atoms with E-state index in [-0.39, 0.29) is 6.61 Å². The molecule has 2 rings (SSSR count). The summed E-state index contributed by atoms with van der Waals surface area (Å²) in [6.07, 6.45) is 4.24. The van der Waals surface area contributed by atoms with Crippen molar-refractivity contribution < 1.29 is 9.53 Å². The fourth-order valence-electron chi connectivity index (χ4n) is 2.11. The van der Waals surface area contributed by atoms with Gasteiger partial charge in [-0.25, -0.2) is 9.78 Å². The molecule has 114 valence electrons. The average Bonchev–Trinajstić information content (AvgIpc) is 2.88. The molecular weight excluding hydrogens is 276 g/mol. The number of benzene rings is 1. The number of nitrogens with zero attached hydrogens (tertiary/aromatic N) is 2. The van der Waals surface area contributed by atoms with Crippen molar-refractivity contribution in [1.82, 2.24) is 9.55 Å². The number of allylic oxidation sites excluding steroid dienone is 1. The Bertz CT molecular complexity index is 672. The lowest BCUT2D eigenvalue weighted by molar-refractivity contribution is -0.140. The highest BCUT2D eigenvalue weighted by atomic mass is 16.5. The van der Waals surface area contributed by atoms with Crippen molar-refractivity contribution in [2.24, 2.45) is 0 Å². The predicted octanol–water partition coefficient (Wildman–Crippen LogP) is 3.28. The highest BCUT2D eigenvalue weighted by Crippen LogP contribution is 2.15. The van der Waals surface area contributed by atoms with Crippen LogP contribution in [0.2, 0.25) is 0 Å². The highest BCUT2D eigenvalue weighted by Gasteiger charge is 2.13. The normalized spacial score (nSPS) is 10.2. The molecule has 0 spiro atoms. The number of rotatable bonds is 7. The lowest BCUT2D eigenvalue weighted by atomic mass is 10.1. The SMILES string of the molecule is C=CCn1cnc(Cc2ccccc2)c1COC(=O)C(=C)C. The van der Waals surface area contributed by atoms with E-state index in [2.05, 4.69) is 30.3 Å². The molecule has 0 saturated heterocycles. The van der Waals surface area contributed by atoms with E-state index in [0.29, 0.717) is 18.5 Å². The molecule has 1 heterocycles. The minimum atomic E-state index is -0.392. The number of carbonyl (C=O) groups is 1. The van der Waals surface area contributed by atoms with Crippen LogP contribution >= 0.6 is 0 Å². The van der Waals surface area contributed by atoms with E-state index in [4.69, 9.17) is 4.74 Å². The van der Waals surface area contributed by atoms with Gasteiger partial charge in [-0.3, -0.25) is 0 Å². The summed E-state index contributed by atoms with van der Waals surface area (Å²) in [6, 6.07) is 10.1. The number of imidazole rings is 1. The van der Waals surface area contributed by atoms with Crippen molar-refractivity contribution in [2.45, 2.75) is 26.5 Å². The molecule has 2 aromatic rings. The Morgan fingerprint density at radius 2 is 2.09 bits per heavy atom. The Hall–Kier alpha value is -2.62. The standard InChI is InChI=1S/C18H20N2O2/c1-4-10-20-13-19-16(11-15-8-6-5-7-9-15)17(20)12-22-18(21)14(2)3/h4-9,13H,1-2,10-12H2,3H3. The van der Waals surface area contributed by atoms with Crippen LogP contribution in [-0.2, 0) is 29.1 Å². The lowest BCUT2D eigenvalue weighted by Gasteiger charge is -2.09. The molecule has 1 aromatic carbocycles. The van der Waals surface area contributed by atoms with E-state index in [0.717, 1.165) is 11.4 Å². The molecular formula is C18H20N2O2. The van der Waals surface area contributed by atoms with Crippen LogP contribution in [0.15, 0.2) is 61.5 Å². The van der Waals surface area contributed by atoms with Gasteiger partial charge in [0.15, 0.2) is 0 Å². The van der Waals surface area contributed by atoms with Crippen molar-refractivity contribution in [3.8, 4) is 0 Å². The number of ether oxygens (including phenoxy) is 1. The summed E-state index contributed by atoms with van der Waals surface area (Å²) in [6.45, 7) is 9.78. The molecule has 0 aliphatic heterocycles. The first-order valence-corrected chi connectivity index (χ1v) is 7.12. The summed E-state index contributed by atoms with van der Waals surface area (Å²) in [4.78, 5) is 16.1. The molecule has 0 aliphatic carbocycles. The van der Waals surface area contributed by atoms with E-state index in [1.807, 2.05) is 22.8 Å². The van der Waals surface area contributed by atoms with E-state index in [9.17, 15) is 4.79 Å². The van der Waals surface area contributed by atoms with Gasteiger partial charge in [-0.05, 0) is 12.5 Å². The Morgan fingerprint density at radius 3 is 2.73 bits per heavy atom. The third kappa shape index (κ3) is 3.95. The summed E-state index contributed by atoms with van der Waals surface area (Å²) < 4.78 is 7.22. The molecule has 0 unspecified atom stereocenters. The first-order valence-electron chi connectivity index (χ1n) is 7.12. The summed E-state index contributed by atoms with van der Waals surface area (Å²) in [5, 5.41) is 0. The van der Waals surface area contributed by atoms with E-state index < -0.39 is 5.97 Å². The van der Waals surface area contributed by atoms with Crippen LogP contribution in [0.1, 0.15) is 23.9 Å². The first-order chi connectivity index (χ1) is 10.6. The molecule has 1 aromatic heterocycles. The minimum absolute atomic E-state index is 0.182. The predicted molar refractivity (Wildman–Crippen MR) is 86.3 cm³/mol. The molecule has 0 N–H and O–H groups in total. The van der Waals surface area contributed by atoms with Gasteiger partial charge in [0.05, 0.1) is 17.7 Å². The second-order valence-corrected chi connectivity index (χ2v) is 5.10. The molecule has 0 radical (unpaired) electrons. The van der Waals surface area contributed by atoms with E-state index in [1.165, 1.54) is 5.56 Å². The van der Waals surface area contributed by atoms with Gasteiger partial charge in [0.1, 0.15) is 6.61 Å². The summed E-state index contributed by atoms with van der Waals surface area (Å²) in [7, 11) is 0. The number of esters is 1. The molecule has 0 aliphatic rings. The molecule has 0 saturated carbocycles. The third-order valence-corrected chi connectivity index (χ3v) is 3.26. The molecule has 0 atom stereocenters. The van der Waals surface area contributed by atoms with Gasteiger partial charge in [-0.2, -0.15) is 0 Å². The molecule has 4 nitrogen and oxygen atoms in total. The van der Waals surface area contributed by atoms with Crippen LogP contribution in [0.25, 0.3) is 0 Å². The van der Waals surface area contributed by atoms with Gasteiger partial charge in [0.25, 0.3) is 0 Å². The van der Waals surface area contributed by atoms with E-state index >= 15 is 0 Å². The third-order valence-electron chi connectivity index (χ3n) is 3.26. The Kier molecular flexibility index (Phi) is 5.31. The van der Waals surface area contributed by atoms with Crippen molar-refractivity contribution in [2.75, 3.05) is 0 Å². The largest absolute Gasteiger partial charge is 0.456 e. The Morgan fingerprint density at radius 1 is 1.36 bits per heavy atom. The average molecular weight is 296 g/mol. The smallest absolute Gasteiger partial charge is 0.333 e.